The highest BCUT2D eigenvalue weighted by molar-refractivity contribution is 5.70. The highest BCUT2D eigenvalue weighted by atomic mass is 16.6. The molecule has 0 saturated heterocycles. The van der Waals surface area contributed by atoms with Gasteiger partial charge in [-0.1, -0.05) is 260 Å². The molecule has 0 amide bonds. The third-order valence-electron chi connectivity index (χ3n) is 12.5. The Morgan fingerprint density at radius 3 is 1.00 bits per heavy atom. The zero-order chi connectivity index (χ0) is 47.7. The normalized spacial score (nSPS) is 12.7. The topological polar surface area (TPSA) is 72.8 Å². The molecule has 1 atom stereocenters. The number of unbranched alkanes of at least 4 members (excludes halogenated alkanes) is 32. The molecule has 0 spiro atoms. The van der Waals surface area contributed by atoms with Gasteiger partial charge in [0.25, 0.3) is 0 Å². The maximum atomic E-state index is 12.3. The number of hydrogen-bond donors (Lipinski definition) is 1. The van der Waals surface area contributed by atoms with Crippen molar-refractivity contribution in [3.63, 3.8) is 0 Å². The first-order valence-electron chi connectivity index (χ1n) is 28.5. The summed E-state index contributed by atoms with van der Waals surface area (Å²) in [7, 11) is 0. The first kappa shape index (κ1) is 63.3. The van der Waals surface area contributed by atoms with E-state index in [2.05, 4.69) is 86.8 Å². The summed E-state index contributed by atoms with van der Waals surface area (Å²) < 4.78 is 10.7. The second kappa shape index (κ2) is 56.7. The predicted molar refractivity (Wildman–Crippen MR) is 288 cm³/mol. The molecule has 0 aromatic rings. The van der Waals surface area contributed by atoms with E-state index >= 15 is 0 Å². The van der Waals surface area contributed by atoms with Gasteiger partial charge in [0.05, 0.1) is 6.61 Å². The standard InChI is InChI=1S/C61H108O5/c1-3-5-7-9-11-13-15-17-19-21-23-25-26-27-28-29-30-31-32-33-34-36-38-40-42-44-46-48-50-52-54-56-61(64)66-59(57-62)58-65-60(63)55-53-51-49-47-45-43-41-39-37-35-24-22-20-18-16-14-12-10-8-6-4-2/h5,7,11,13,17,19,22-25,27-28,59,62H,3-4,6,8-10,12,14-16,18,20-21,26,29-58H2,1-2H3/b7-5-,13-11-,19-17-,24-22-,25-23-,28-27-. The Morgan fingerprint density at radius 1 is 0.364 bits per heavy atom. The highest BCUT2D eigenvalue weighted by Gasteiger charge is 2.16. The number of carbonyl (C=O) groups excluding carboxylic acids is 2. The average molecular weight is 922 g/mol. The van der Waals surface area contributed by atoms with Gasteiger partial charge in [0.2, 0.25) is 0 Å². The largest absolute Gasteiger partial charge is 0.462 e. The Hall–Kier alpha value is -2.66. The molecule has 5 heteroatoms. The Balaban J connectivity index is 3.48. The number of carbonyl (C=O) groups is 2. The number of rotatable bonds is 52. The third kappa shape index (κ3) is 54.0. The lowest BCUT2D eigenvalue weighted by molar-refractivity contribution is -0.161. The molecular weight excluding hydrogens is 813 g/mol. The van der Waals surface area contributed by atoms with Gasteiger partial charge in [-0.3, -0.25) is 9.59 Å². The summed E-state index contributed by atoms with van der Waals surface area (Å²) >= 11 is 0. The average Bonchev–Trinajstić information content (AvgIpc) is 3.32. The highest BCUT2D eigenvalue weighted by Crippen LogP contribution is 2.16. The second-order valence-electron chi connectivity index (χ2n) is 19.0. The van der Waals surface area contributed by atoms with Crippen molar-refractivity contribution >= 4 is 11.9 Å². The van der Waals surface area contributed by atoms with Crippen LogP contribution in [0.25, 0.3) is 0 Å². The second-order valence-corrected chi connectivity index (χ2v) is 19.0. The molecule has 1 unspecified atom stereocenters. The Kier molecular flexibility index (Phi) is 54.4. The van der Waals surface area contributed by atoms with Crippen molar-refractivity contribution in [2.24, 2.45) is 0 Å². The van der Waals surface area contributed by atoms with Crippen molar-refractivity contribution in [1.29, 1.82) is 0 Å². The van der Waals surface area contributed by atoms with E-state index in [0.29, 0.717) is 12.8 Å². The van der Waals surface area contributed by atoms with Gasteiger partial charge in [-0.15, -0.1) is 0 Å². The molecule has 0 aliphatic carbocycles. The Morgan fingerprint density at radius 2 is 0.652 bits per heavy atom. The quantitative estimate of drug-likeness (QED) is 0.0374. The van der Waals surface area contributed by atoms with Gasteiger partial charge < -0.3 is 14.6 Å². The first-order valence-corrected chi connectivity index (χ1v) is 28.5. The van der Waals surface area contributed by atoms with Gasteiger partial charge in [0.1, 0.15) is 6.61 Å². The van der Waals surface area contributed by atoms with Crippen LogP contribution < -0.4 is 0 Å². The minimum Gasteiger partial charge on any atom is -0.462 e. The monoisotopic (exact) mass is 921 g/mol. The first-order chi connectivity index (χ1) is 32.6. The van der Waals surface area contributed by atoms with Crippen LogP contribution in [0.2, 0.25) is 0 Å². The summed E-state index contributed by atoms with van der Waals surface area (Å²) in [6, 6.07) is 0. The summed E-state index contributed by atoms with van der Waals surface area (Å²) in [5, 5.41) is 9.65. The van der Waals surface area contributed by atoms with E-state index in [4.69, 9.17) is 9.47 Å². The predicted octanol–water partition coefficient (Wildman–Crippen LogP) is 19.2. The van der Waals surface area contributed by atoms with Crippen molar-refractivity contribution in [3.8, 4) is 0 Å². The molecule has 0 saturated carbocycles. The van der Waals surface area contributed by atoms with Gasteiger partial charge in [-0.2, -0.15) is 0 Å². The van der Waals surface area contributed by atoms with Gasteiger partial charge in [0, 0.05) is 12.8 Å². The molecule has 0 aliphatic rings. The molecule has 382 valence electrons. The van der Waals surface area contributed by atoms with Gasteiger partial charge >= 0.3 is 11.9 Å². The molecular formula is C61H108O5. The maximum absolute atomic E-state index is 12.3. The van der Waals surface area contributed by atoms with Crippen LogP contribution in [0, 0.1) is 0 Å². The van der Waals surface area contributed by atoms with Crippen molar-refractivity contribution < 1.29 is 24.2 Å². The zero-order valence-electron chi connectivity index (χ0n) is 43.7. The molecule has 0 heterocycles. The molecule has 0 aliphatic heterocycles. The van der Waals surface area contributed by atoms with Gasteiger partial charge in [0.15, 0.2) is 6.10 Å². The Labute approximate surface area is 410 Å². The smallest absolute Gasteiger partial charge is 0.306 e. The molecule has 0 aromatic heterocycles. The molecule has 0 rings (SSSR count). The number of aliphatic hydroxyl groups is 1. The number of esters is 2. The summed E-state index contributed by atoms with van der Waals surface area (Å²) in [6.45, 7) is 4.05. The van der Waals surface area contributed by atoms with Gasteiger partial charge in [-0.05, 0) is 83.5 Å². The number of ether oxygens (including phenoxy) is 2. The Bertz CT molecular complexity index is 1180. The van der Waals surface area contributed by atoms with Gasteiger partial charge in [-0.25, -0.2) is 0 Å². The van der Waals surface area contributed by atoms with Crippen LogP contribution in [0.1, 0.15) is 284 Å². The number of allylic oxidation sites excluding steroid dienone is 12. The van der Waals surface area contributed by atoms with Crippen LogP contribution in [-0.4, -0.2) is 36.4 Å². The lowest BCUT2D eigenvalue weighted by atomic mass is 10.0. The molecule has 1 N–H and O–H groups in total. The summed E-state index contributed by atoms with van der Waals surface area (Å²) in [6.07, 6.45) is 77.3. The van der Waals surface area contributed by atoms with E-state index in [1.807, 2.05) is 0 Å². The van der Waals surface area contributed by atoms with E-state index in [9.17, 15) is 14.7 Å². The van der Waals surface area contributed by atoms with Crippen LogP contribution >= 0.6 is 0 Å². The molecule has 0 bridgehead atoms. The van der Waals surface area contributed by atoms with E-state index in [1.54, 1.807) is 0 Å². The van der Waals surface area contributed by atoms with Crippen molar-refractivity contribution in [2.45, 2.75) is 290 Å². The van der Waals surface area contributed by atoms with E-state index in [-0.39, 0.29) is 25.2 Å². The number of hydrogen-bond acceptors (Lipinski definition) is 5. The minimum atomic E-state index is -0.775. The fraction of sp³-hybridized carbons (Fsp3) is 0.770. The molecule has 0 aromatic carbocycles. The van der Waals surface area contributed by atoms with E-state index < -0.39 is 6.10 Å². The van der Waals surface area contributed by atoms with Crippen LogP contribution in [0.3, 0.4) is 0 Å². The fourth-order valence-corrected chi connectivity index (χ4v) is 8.23. The molecule has 0 fully saturated rings. The lowest BCUT2D eigenvalue weighted by Crippen LogP contribution is -2.28. The van der Waals surface area contributed by atoms with Crippen LogP contribution in [-0.2, 0) is 19.1 Å². The van der Waals surface area contributed by atoms with E-state index in [1.165, 1.54) is 186 Å². The summed E-state index contributed by atoms with van der Waals surface area (Å²) in [5.41, 5.74) is 0. The van der Waals surface area contributed by atoms with Crippen LogP contribution in [0.4, 0.5) is 0 Å². The minimum absolute atomic E-state index is 0.0664. The van der Waals surface area contributed by atoms with E-state index in [0.717, 1.165) is 70.6 Å². The molecule has 5 nitrogen and oxygen atoms in total. The van der Waals surface area contributed by atoms with Crippen LogP contribution in [0.15, 0.2) is 72.9 Å². The van der Waals surface area contributed by atoms with Crippen molar-refractivity contribution in [2.75, 3.05) is 13.2 Å². The molecule has 66 heavy (non-hydrogen) atoms. The number of aliphatic hydroxyl groups excluding tert-OH is 1. The van der Waals surface area contributed by atoms with Crippen molar-refractivity contribution in [1.82, 2.24) is 0 Å². The molecule has 0 radical (unpaired) electrons. The zero-order valence-corrected chi connectivity index (χ0v) is 43.7. The SMILES string of the molecule is CC/C=C\C/C=C\C/C=C\C/C=C\C/C=C\CCCCCCCCCCCCCCCCCC(=O)OC(CO)COC(=O)CCCCCCCCCCC/C=C\CCCCCCCCCC. The van der Waals surface area contributed by atoms with Crippen LogP contribution in [0.5, 0.6) is 0 Å². The maximum Gasteiger partial charge on any atom is 0.306 e. The van der Waals surface area contributed by atoms with Crippen molar-refractivity contribution in [3.05, 3.63) is 72.9 Å². The fourth-order valence-electron chi connectivity index (χ4n) is 8.23. The summed E-state index contributed by atoms with van der Waals surface area (Å²) in [5.74, 6) is -0.584. The third-order valence-corrected chi connectivity index (χ3v) is 12.5. The lowest BCUT2D eigenvalue weighted by Gasteiger charge is -2.15. The summed E-state index contributed by atoms with van der Waals surface area (Å²) in [4.78, 5) is 24.5.